The minimum absolute atomic E-state index is 0.242. The second-order valence-electron chi connectivity index (χ2n) is 4.93. The van der Waals surface area contributed by atoms with Crippen molar-refractivity contribution in [2.75, 3.05) is 40.1 Å². The van der Waals surface area contributed by atoms with E-state index < -0.39 is 5.60 Å². The highest BCUT2D eigenvalue weighted by atomic mass is 16.8. The first-order chi connectivity index (χ1) is 7.92. The van der Waals surface area contributed by atoms with Crippen LogP contribution in [-0.4, -0.2) is 61.7 Å². The Labute approximate surface area is 102 Å². The predicted octanol–water partition coefficient (Wildman–Crippen LogP) is 1.07. The Morgan fingerprint density at radius 2 is 1.76 bits per heavy atom. The maximum atomic E-state index is 11.8. The molecule has 0 atom stereocenters. The Kier molecular flexibility index (Phi) is 5.17. The van der Waals surface area contributed by atoms with Gasteiger partial charge in [0.05, 0.1) is 0 Å². The maximum Gasteiger partial charge on any atom is 0.410 e. The molecule has 0 bridgehead atoms. The number of hydrogen-bond acceptors (Lipinski definition) is 5. The first-order valence-electron chi connectivity index (χ1n) is 5.77. The number of ether oxygens (including phenoxy) is 2. The van der Waals surface area contributed by atoms with Crippen molar-refractivity contribution in [3.8, 4) is 0 Å². The minimum Gasteiger partial charge on any atom is -0.444 e. The first kappa shape index (κ1) is 14.2. The Morgan fingerprint density at radius 3 is 2.24 bits per heavy atom. The van der Waals surface area contributed by atoms with Crippen molar-refractivity contribution in [3.63, 3.8) is 0 Å². The summed E-state index contributed by atoms with van der Waals surface area (Å²) in [4.78, 5) is 18.7. The van der Waals surface area contributed by atoms with Gasteiger partial charge in [-0.15, -0.1) is 0 Å². The summed E-state index contributed by atoms with van der Waals surface area (Å²) >= 11 is 0. The normalized spacial score (nSPS) is 18.2. The maximum absolute atomic E-state index is 11.8. The monoisotopic (exact) mass is 246 g/mol. The van der Waals surface area contributed by atoms with Crippen LogP contribution < -0.4 is 0 Å². The molecule has 0 aliphatic carbocycles. The van der Waals surface area contributed by atoms with E-state index in [9.17, 15) is 4.79 Å². The average molecular weight is 246 g/mol. The van der Waals surface area contributed by atoms with Gasteiger partial charge in [-0.25, -0.2) is 4.79 Å². The first-order valence-corrected chi connectivity index (χ1v) is 5.77. The molecule has 1 amide bonds. The lowest BCUT2D eigenvalue weighted by molar-refractivity contribution is -0.227. The highest BCUT2D eigenvalue weighted by Gasteiger charge is 2.25. The summed E-state index contributed by atoms with van der Waals surface area (Å²) in [6.07, 6.45) is -0.260. The number of nitrogens with zero attached hydrogens (tertiary/aromatic N) is 2. The van der Waals surface area contributed by atoms with Crippen molar-refractivity contribution >= 4 is 6.09 Å². The van der Waals surface area contributed by atoms with E-state index in [0.717, 1.165) is 0 Å². The smallest absolute Gasteiger partial charge is 0.410 e. The second-order valence-corrected chi connectivity index (χ2v) is 4.93. The van der Waals surface area contributed by atoms with Crippen molar-refractivity contribution in [1.29, 1.82) is 0 Å². The van der Waals surface area contributed by atoms with E-state index in [0.29, 0.717) is 26.2 Å². The number of hydroxylamine groups is 2. The highest BCUT2D eigenvalue weighted by Crippen LogP contribution is 2.11. The molecule has 1 fully saturated rings. The van der Waals surface area contributed by atoms with Crippen molar-refractivity contribution in [1.82, 2.24) is 9.96 Å². The zero-order valence-electron chi connectivity index (χ0n) is 11.1. The summed E-state index contributed by atoms with van der Waals surface area (Å²) in [7, 11) is 1.58. The summed E-state index contributed by atoms with van der Waals surface area (Å²) in [6.45, 7) is 8.39. The molecule has 1 aliphatic heterocycles. The molecule has 0 aromatic rings. The molecule has 1 aliphatic rings. The van der Waals surface area contributed by atoms with Crippen LogP contribution in [0.3, 0.4) is 0 Å². The Morgan fingerprint density at radius 1 is 1.18 bits per heavy atom. The van der Waals surface area contributed by atoms with Gasteiger partial charge >= 0.3 is 6.09 Å². The van der Waals surface area contributed by atoms with Gasteiger partial charge in [-0.3, -0.25) is 4.84 Å². The van der Waals surface area contributed by atoms with Crippen LogP contribution in [-0.2, 0) is 14.3 Å². The molecular weight excluding hydrogens is 224 g/mol. The third-order valence-electron chi connectivity index (χ3n) is 2.24. The van der Waals surface area contributed by atoms with E-state index >= 15 is 0 Å². The van der Waals surface area contributed by atoms with Crippen molar-refractivity contribution in [3.05, 3.63) is 0 Å². The van der Waals surface area contributed by atoms with E-state index in [1.807, 2.05) is 20.8 Å². The van der Waals surface area contributed by atoms with E-state index in [-0.39, 0.29) is 12.9 Å². The van der Waals surface area contributed by atoms with Crippen LogP contribution in [0.2, 0.25) is 0 Å². The van der Waals surface area contributed by atoms with Crippen molar-refractivity contribution < 1.29 is 19.1 Å². The molecule has 0 radical (unpaired) electrons. The molecule has 0 spiro atoms. The number of methoxy groups -OCH3 is 1. The quantitative estimate of drug-likeness (QED) is 0.697. The van der Waals surface area contributed by atoms with Crippen LogP contribution in [0.4, 0.5) is 4.79 Å². The van der Waals surface area contributed by atoms with Crippen LogP contribution in [0.25, 0.3) is 0 Å². The topological polar surface area (TPSA) is 51.2 Å². The summed E-state index contributed by atoms with van der Waals surface area (Å²) < 4.78 is 10.1. The van der Waals surface area contributed by atoms with Gasteiger partial charge in [-0.1, -0.05) is 0 Å². The van der Waals surface area contributed by atoms with Gasteiger partial charge in [0, 0.05) is 33.3 Å². The number of carbonyl (C=O) groups excluding carboxylic acids is 1. The summed E-state index contributed by atoms with van der Waals surface area (Å²) in [6, 6.07) is 0. The van der Waals surface area contributed by atoms with E-state index in [1.165, 1.54) is 0 Å². The fourth-order valence-corrected chi connectivity index (χ4v) is 1.45. The number of hydrogen-bond donors (Lipinski definition) is 0. The Hall–Kier alpha value is -0.850. The second kappa shape index (κ2) is 6.18. The fourth-order valence-electron chi connectivity index (χ4n) is 1.45. The van der Waals surface area contributed by atoms with E-state index in [1.54, 1.807) is 17.1 Å². The largest absolute Gasteiger partial charge is 0.444 e. The number of amides is 1. The average Bonchev–Trinajstić information content (AvgIpc) is 2.24. The molecule has 100 valence electrons. The van der Waals surface area contributed by atoms with Gasteiger partial charge in [0.1, 0.15) is 5.60 Å². The van der Waals surface area contributed by atoms with Gasteiger partial charge in [0.2, 0.25) is 0 Å². The summed E-state index contributed by atoms with van der Waals surface area (Å²) in [5.74, 6) is 0. The molecule has 0 unspecified atom stereocenters. The molecule has 1 rings (SSSR count). The Bertz CT molecular complexity index is 244. The zero-order chi connectivity index (χ0) is 12.9. The number of piperazine rings is 1. The molecule has 0 aromatic carbocycles. The summed E-state index contributed by atoms with van der Waals surface area (Å²) in [5, 5.41) is 1.80. The van der Waals surface area contributed by atoms with Gasteiger partial charge in [-0.05, 0) is 20.8 Å². The third-order valence-corrected chi connectivity index (χ3v) is 2.24. The number of carbonyl (C=O) groups is 1. The molecule has 0 saturated carbocycles. The standard InChI is InChI=1S/C11H22N2O4/c1-11(2,3)17-10(14)12-5-7-13(8-6-12)16-9-15-4/h5-9H2,1-4H3. The highest BCUT2D eigenvalue weighted by molar-refractivity contribution is 5.68. The molecule has 1 heterocycles. The van der Waals surface area contributed by atoms with Crippen molar-refractivity contribution in [2.45, 2.75) is 26.4 Å². The van der Waals surface area contributed by atoms with Gasteiger partial charge in [0.25, 0.3) is 0 Å². The SMILES string of the molecule is COCON1CCN(C(=O)OC(C)(C)C)CC1. The zero-order valence-corrected chi connectivity index (χ0v) is 11.1. The third kappa shape index (κ3) is 5.34. The summed E-state index contributed by atoms with van der Waals surface area (Å²) in [5.41, 5.74) is -0.444. The molecule has 0 N–H and O–H groups in total. The minimum atomic E-state index is -0.444. The van der Waals surface area contributed by atoms with E-state index in [2.05, 4.69) is 0 Å². The van der Waals surface area contributed by atoms with Crippen LogP contribution in [0, 0.1) is 0 Å². The van der Waals surface area contributed by atoms with Crippen LogP contribution in [0.1, 0.15) is 20.8 Å². The molecule has 17 heavy (non-hydrogen) atoms. The fraction of sp³-hybridized carbons (Fsp3) is 0.909. The van der Waals surface area contributed by atoms with Crippen LogP contribution >= 0.6 is 0 Å². The van der Waals surface area contributed by atoms with Gasteiger partial charge < -0.3 is 14.4 Å². The van der Waals surface area contributed by atoms with Crippen molar-refractivity contribution in [2.24, 2.45) is 0 Å². The molecule has 0 aromatic heterocycles. The van der Waals surface area contributed by atoms with E-state index in [4.69, 9.17) is 14.3 Å². The van der Waals surface area contributed by atoms with Crippen LogP contribution in [0.5, 0.6) is 0 Å². The van der Waals surface area contributed by atoms with Gasteiger partial charge in [0.15, 0.2) is 6.79 Å². The molecule has 6 heteroatoms. The Balaban J connectivity index is 2.29. The van der Waals surface area contributed by atoms with Crippen LogP contribution in [0.15, 0.2) is 0 Å². The lowest BCUT2D eigenvalue weighted by Crippen LogP contribution is -2.49. The number of rotatable bonds is 3. The lowest BCUT2D eigenvalue weighted by atomic mass is 10.2. The molecule has 6 nitrogen and oxygen atoms in total. The lowest BCUT2D eigenvalue weighted by Gasteiger charge is -2.34. The predicted molar refractivity (Wildman–Crippen MR) is 62.3 cm³/mol. The molecular formula is C11H22N2O4. The molecule has 1 saturated heterocycles. The van der Waals surface area contributed by atoms with Gasteiger partial charge in [-0.2, -0.15) is 5.06 Å².